The molecule has 3 nitrogen and oxygen atoms in total. The molecule has 21 heavy (non-hydrogen) atoms. The second-order valence-corrected chi connectivity index (χ2v) is 5.18. The summed E-state index contributed by atoms with van der Waals surface area (Å²) in [5.41, 5.74) is 1.17. The highest BCUT2D eigenvalue weighted by atomic mass is 35.5. The highest BCUT2D eigenvalue weighted by Gasteiger charge is 2.13. The van der Waals surface area contributed by atoms with Gasteiger partial charge in [-0.1, -0.05) is 29.8 Å². The Bertz CT molecular complexity index is 634. The summed E-state index contributed by atoms with van der Waals surface area (Å²) in [5.74, 6) is 0.0957. The van der Waals surface area contributed by atoms with Gasteiger partial charge in [0, 0.05) is 34.8 Å². The maximum absolute atomic E-state index is 13.7. The summed E-state index contributed by atoms with van der Waals surface area (Å²) in [6.45, 7) is 2.20. The number of phenolic OH excluding ortho intramolecular Hbond substituents is 1. The Hall–Kier alpha value is -1.78. The Labute approximate surface area is 128 Å². The first-order valence-corrected chi connectivity index (χ1v) is 6.94. The van der Waals surface area contributed by atoms with Crippen LogP contribution in [0.3, 0.4) is 0 Å². The van der Waals surface area contributed by atoms with Crippen LogP contribution in [0, 0.1) is 5.82 Å². The standard InChI is InChI=1S/C16H17ClFNO2/c1-10(13-5-3-4-6-14(13)18)19-9-11-7-12(17)8-15(21-2)16(11)20/h3-8,10,19-20H,9H2,1-2H3. The van der Waals surface area contributed by atoms with Crippen molar-refractivity contribution < 1.29 is 14.2 Å². The van der Waals surface area contributed by atoms with E-state index in [0.717, 1.165) is 0 Å². The van der Waals surface area contributed by atoms with Crippen LogP contribution >= 0.6 is 11.6 Å². The highest BCUT2D eigenvalue weighted by molar-refractivity contribution is 6.30. The van der Waals surface area contributed by atoms with E-state index in [1.54, 1.807) is 30.3 Å². The normalized spacial score (nSPS) is 12.2. The Kier molecular flexibility index (Phi) is 5.04. The number of hydrogen-bond acceptors (Lipinski definition) is 3. The van der Waals surface area contributed by atoms with Gasteiger partial charge in [-0.2, -0.15) is 0 Å². The second kappa shape index (κ2) is 6.78. The molecule has 0 saturated carbocycles. The highest BCUT2D eigenvalue weighted by Crippen LogP contribution is 2.33. The lowest BCUT2D eigenvalue weighted by molar-refractivity contribution is 0.369. The molecule has 1 unspecified atom stereocenters. The molecule has 0 fully saturated rings. The third-order valence-electron chi connectivity index (χ3n) is 3.31. The van der Waals surface area contributed by atoms with E-state index in [-0.39, 0.29) is 17.6 Å². The molecular weight excluding hydrogens is 293 g/mol. The van der Waals surface area contributed by atoms with Gasteiger partial charge in [0.15, 0.2) is 11.5 Å². The van der Waals surface area contributed by atoms with Crippen molar-refractivity contribution in [3.63, 3.8) is 0 Å². The molecule has 2 aromatic rings. The SMILES string of the molecule is COc1cc(Cl)cc(CNC(C)c2ccccc2F)c1O. The Morgan fingerprint density at radius 2 is 2.05 bits per heavy atom. The van der Waals surface area contributed by atoms with Crippen molar-refractivity contribution in [1.82, 2.24) is 5.32 Å². The van der Waals surface area contributed by atoms with Crippen molar-refractivity contribution in [2.24, 2.45) is 0 Å². The average molecular weight is 310 g/mol. The molecule has 0 saturated heterocycles. The molecule has 0 aliphatic heterocycles. The quantitative estimate of drug-likeness (QED) is 0.875. The lowest BCUT2D eigenvalue weighted by atomic mass is 10.1. The average Bonchev–Trinajstić information content (AvgIpc) is 2.47. The summed E-state index contributed by atoms with van der Waals surface area (Å²) in [4.78, 5) is 0. The topological polar surface area (TPSA) is 41.5 Å². The van der Waals surface area contributed by atoms with E-state index in [1.807, 2.05) is 6.92 Å². The van der Waals surface area contributed by atoms with E-state index in [1.165, 1.54) is 13.2 Å². The summed E-state index contributed by atoms with van der Waals surface area (Å²) in [6, 6.07) is 9.59. The molecule has 2 rings (SSSR count). The van der Waals surface area contributed by atoms with Crippen LogP contribution in [0.5, 0.6) is 11.5 Å². The zero-order chi connectivity index (χ0) is 15.4. The minimum absolute atomic E-state index is 0.0372. The molecule has 0 aliphatic rings. The van der Waals surface area contributed by atoms with Crippen molar-refractivity contribution in [1.29, 1.82) is 0 Å². The van der Waals surface area contributed by atoms with Crippen molar-refractivity contribution in [3.05, 3.63) is 58.4 Å². The maximum atomic E-state index is 13.7. The lowest BCUT2D eigenvalue weighted by Crippen LogP contribution is -2.19. The van der Waals surface area contributed by atoms with Crippen LogP contribution in [0.4, 0.5) is 4.39 Å². The zero-order valence-electron chi connectivity index (χ0n) is 11.9. The minimum Gasteiger partial charge on any atom is -0.504 e. The molecule has 0 spiro atoms. The molecule has 0 aromatic heterocycles. The van der Waals surface area contributed by atoms with Gasteiger partial charge in [0.1, 0.15) is 5.82 Å². The van der Waals surface area contributed by atoms with Gasteiger partial charge in [-0.05, 0) is 19.1 Å². The zero-order valence-corrected chi connectivity index (χ0v) is 12.6. The molecule has 5 heteroatoms. The number of halogens is 2. The molecule has 0 bridgehead atoms. The molecule has 2 aromatic carbocycles. The van der Waals surface area contributed by atoms with Crippen LogP contribution < -0.4 is 10.1 Å². The Morgan fingerprint density at radius 3 is 2.71 bits per heavy atom. The number of ether oxygens (including phenoxy) is 1. The number of methoxy groups -OCH3 is 1. The van der Waals surface area contributed by atoms with Gasteiger partial charge in [-0.25, -0.2) is 4.39 Å². The largest absolute Gasteiger partial charge is 0.504 e. The van der Waals surface area contributed by atoms with E-state index >= 15 is 0 Å². The van der Waals surface area contributed by atoms with Crippen LogP contribution in [-0.2, 0) is 6.54 Å². The fraction of sp³-hybridized carbons (Fsp3) is 0.250. The van der Waals surface area contributed by atoms with Crippen LogP contribution in [0.2, 0.25) is 5.02 Å². The third kappa shape index (κ3) is 3.65. The van der Waals surface area contributed by atoms with Crippen LogP contribution in [0.1, 0.15) is 24.1 Å². The number of hydrogen-bond donors (Lipinski definition) is 2. The van der Waals surface area contributed by atoms with Crippen LogP contribution in [0.15, 0.2) is 36.4 Å². The Morgan fingerprint density at radius 1 is 1.33 bits per heavy atom. The minimum atomic E-state index is -0.259. The molecular formula is C16H17ClFNO2. The van der Waals surface area contributed by atoms with Crippen molar-refractivity contribution in [3.8, 4) is 11.5 Å². The summed E-state index contributed by atoms with van der Waals surface area (Å²) in [5, 5.41) is 13.7. The predicted octanol–water partition coefficient (Wildman–Crippen LogP) is 4.04. The first-order chi connectivity index (χ1) is 10.0. The van der Waals surface area contributed by atoms with Crippen LogP contribution in [0.25, 0.3) is 0 Å². The number of benzene rings is 2. The Balaban J connectivity index is 2.13. The molecule has 2 N–H and O–H groups in total. The van der Waals surface area contributed by atoms with E-state index in [4.69, 9.17) is 16.3 Å². The van der Waals surface area contributed by atoms with Gasteiger partial charge in [-0.3, -0.25) is 0 Å². The number of phenols is 1. The number of nitrogens with one attached hydrogen (secondary N) is 1. The van der Waals surface area contributed by atoms with Gasteiger partial charge >= 0.3 is 0 Å². The first kappa shape index (κ1) is 15.6. The van der Waals surface area contributed by atoms with Gasteiger partial charge in [-0.15, -0.1) is 0 Å². The summed E-state index contributed by atoms with van der Waals surface area (Å²) >= 11 is 5.98. The van der Waals surface area contributed by atoms with Crippen LogP contribution in [-0.4, -0.2) is 12.2 Å². The molecule has 0 heterocycles. The number of aromatic hydroxyl groups is 1. The lowest BCUT2D eigenvalue weighted by Gasteiger charge is -2.16. The molecule has 1 atom stereocenters. The molecule has 0 aliphatic carbocycles. The van der Waals surface area contributed by atoms with Gasteiger partial charge in [0.05, 0.1) is 7.11 Å². The summed E-state index contributed by atoms with van der Waals surface area (Å²) in [6.07, 6.45) is 0. The second-order valence-electron chi connectivity index (χ2n) is 4.74. The van der Waals surface area contributed by atoms with Gasteiger partial charge in [0.2, 0.25) is 0 Å². The monoisotopic (exact) mass is 309 g/mol. The van der Waals surface area contributed by atoms with E-state index in [0.29, 0.717) is 28.4 Å². The third-order valence-corrected chi connectivity index (χ3v) is 3.53. The van der Waals surface area contributed by atoms with E-state index < -0.39 is 0 Å². The van der Waals surface area contributed by atoms with Gasteiger partial charge in [0.25, 0.3) is 0 Å². The summed E-state index contributed by atoms with van der Waals surface area (Å²) in [7, 11) is 1.46. The smallest absolute Gasteiger partial charge is 0.162 e. The van der Waals surface area contributed by atoms with E-state index in [9.17, 15) is 9.50 Å². The molecule has 0 radical (unpaired) electrons. The van der Waals surface area contributed by atoms with E-state index in [2.05, 4.69) is 5.32 Å². The number of rotatable bonds is 5. The molecule has 0 amide bonds. The van der Waals surface area contributed by atoms with Crippen molar-refractivity contribution >= 4 is 11.6 Å². The maximum Gasteiger partial charge on any atom is 0.162 e. The first-order valence-electron chi connectivity index (χ1n) is 6.56. The van der Waals surface area contributed by atoms with Crippen molar-refractivity contribution in [2.75, 3.05) is 7.11 Å². The molecule has 112 valence electrons. The predicted molar refractivity (Wildman–Crippen MR) is 81.3 cm³/mol. The van der Waals surface area contributed by atoms with Crippen molar-refractivity contribution in [2.45, 2.75) is 19.5 Å². The van der Waals surface area contributed by atoms with Gasteiger partial charge < -0.3 is 15.2 Å². The summed E-state index contributed by atoms with van der Waals surface area (Å²) < 4.78 is 18.8. The fourth-order valence-electron chi connectivity index (χ4n) is 2.12. The fourth-order valence-corrected chi connectivity index (χ4v) is 2.35.